The van der Waals surface area contributed by atoms with Crippen LogP contribution < -0.4 is 0 Å². The normalized spacial score (nSPS) is 11.0. The lowest BCUT2D eigenvalue weighted by molar-refractivity contribution is -0.380. The van der Waals surface area contributed by atoms with Crippen molar-refractivity contribution in [2.45, 2.75) is 85.0 Å². The van der Waals surface area contributed by atoms with Crippen LogP contribution in [0.15, 0.2) is 13.2 Å². The van der Waals surface area contributed by atoms with Crippen LogP contribution in [-0.4, -0.2) is 25.8 Å². The van der Waals surface area contributed by atoms with Gasteiger partial charge in [-0.05, 0) is 27.2 Å². The SMILES string of the molecule is C=C.CCCCCCCCCC(OCC)(OCC)OCC. The number of unbranched alkanes of at least 4 members (excludes halogenated alkanes) is 6. The third-order valence-corrected chi connectivity index (χ3v) is 3.18. The van der Waals surface area contributed by atoms with Gasteiger partial charge in [-0.1, -0.05) is 45.4 Å². The molecule has 0 saturated heterocycles. The van der Waals surface area contributed by atoms with E-state index in [-0.39, 0.29) is 0 Å². The molecule has 0 saturated carbocycles. The first kappa shape index (κ1) is 22.9. The Kier molecular flexibility index (Phi) is 19.3. The van der Waals surface area contributed by atoms with Crippen LogP contribution in [0.4, 0.5) is 0 Å². The molecule has 0 rings (SSSR count). The second-order valence-corrected chi connectivity index (χ2v) is 4.85. The lowest BCUT2D eigenvalue weighted by atomic mass is 10.1. The van der Waals surface area contributed by atoms with Gasteiger partial charge < -0.3 is 14.2 Å². The van der Waals surface area contributed by atoms with Crippen molar-refractivity contribution >= 4 is 0 Å². The minimum absolute atomic E-state index is 0.622. The van der Waals surface area contributed by atoms with Crippen LogP contribution in [0.5, 0.6) is 0 Å². The average Bonchev–Trinajstić information content (AvgIpc) is 2.49. The summed E-state index contributed by atoms with van der Waals surface area (Å²) < 4.78 is 17.1. The van der Waals surface area contributed by atoms with Crippen LogP contribution in [0.3, 0.4) is 0 Å². The number of ether oxygens (including phenoxy) is 3. The van der Waals surface area contributed by atoms with Gasteiger partial charge in [0.15, 0.2) is 0 Å². The molecule has 0 amide bonds. The molecule has 0 fully saturated rings. The zero-order valence-electron chi connectivity index (χ0n) is 14.9. The molecule has 21 heavy (non-hydrogen) atoms. The van der Waals surface area contributed by atoms with Gasteiger partial charge in [0, 0.05) is 26.2 Å². The summed E-state index contributed by atoms with van der Waals surface area (Å²) in [4.78, 5) is 0. The van der Waals surface area contributed by atoms with Gasteiger partial charge in [-0.2, -0.15) is 0 Å². The summed E-state index contributed by atoms with van der Waals surface area (Å²) in [5.41, 5.74) is 0. The molecule has 0 unspecified atom stereocenters. The highest BCUT2D eigenvalue weighted by molar-refractivity contribution is 4.59. The molecule has 0 aromatic heterocycles. The first-order valence-electron chi connectivity index (χ1n) is 8.66. The summed E-state index contributed by atoms with van der Waals surface area (Å²) >= 11 is 0. The van der Waals surface area contributed by atoms with E-state index in [0.29, 0.717) is 19.8 Å². The Balaban J connectivity index is 0. The van der Waals surface area contributed by atoms with Crippen molar-refractivity contribution in [3.63, 3.8) is 0 Å². The van der Waals surface area contributed by atoms with Gasteiger partial charge in [0.05, 0.1) is 0 Å². The predicted octanol–water partition coefficient (Wildman–Crippen LogP) is 5.69. The van der Waals surface area contributed by atoms with Crippen molar-refractivity contribution < 1.29 is 14.2 Å². The molecular weight excluding hydrogens is 264 g/mol. The van der Waals surface area contributed by atoms with Crippen molar-refractivity contribution in [1.82, 2.24) is 0 Å². The molecule has 0 atom stereocenters. The fraction of sp³-hybridized carbons (Fsp3) is 0.889. The van der Waals surface area contributed by atoms with Gasteiger partial charge in [0.2, 0.25) is 0 Å². The molecule has 3 nitrogen and oxygen atoms in total. The molecule has 0 heterocycles. The Morgan fingerprint density at radius 2 is 1.00 bits per heavy atom. The van der Waals surface area contributed by atoms with E-state index in [9.17, 15) is 0 Å². The number of hydrogen-bond acceptors (Lipinski definition) is 3. The van der Waals surface area contributed by atoms with Crippen molar-refractivity contribution in [2.75, 3.05) is 19.8 Å². The third-order valence-electron chi connectivity index (χ3n) is 3.18. The molecule has 0 N–H and O–H groups in total. The molecule has 0 bridgehead atoms. The highest BCUT2D eigenvalue weighted by Crippen LogP contribution is 2.24. The predicted molar refractivity (Wildman–Crippen MR) is 91.5 cm³/mol. The minimum atomic E-state index is -0.804. The molecule has 3 heteroatoms. The van der Waals surface area contributed by atoms with E-state index in [1.807, 2.05) is 20.8 Å². The standard InChI is InChI=1S/C16H34O3.C2H4/c1-5-9-10-11-12-13-14-15-16(17-6-2,18-7-3)19-8-4;1-2/h5-15H2,1-4H3;1-2H2. The summed E-state index contributed by atoms with van der Waals surface area (Å²) in [6, 6.07) is 0. The average molecular weight is 302 g/mol. The van der Waals surface area contributed by atoms with Gasteiger partial charge in [0.25, 0.3) is 5.97 Å². The lowest BCUT2D eigenvalue weighted by Crippen LogP contribution is -2.39. The van der Waals surface area contributed by atoms with Crippen molar-refractivity contribution in [3.8, 4) is 0 Å². The lowest BCUT2D eigenvalue weighted by Gasteiger charge is -2.32. The Morgan fingerprint density at radius 1 is 0.619 bits per heavy atom. The Labute approximate surface area is 133 Å². The first-order chi connectivity index (χ1) is 10.2. The van der Waals surface area contributed by atoms with E-state index in [2.05, 4.69) is 20.1 Å². The van der Waals surface area contributed by atoms with Gasteiger partial charge in [-0.15, -0.1) is 13.2 Å². The minimum Gasteiger partial charge on any atom is -0.328 e. The zero-order chi connectivity index (χ0) is 16.4. The Morgan fingerprint density at radius 3 is 1.38 bits per heavy atom. The Bertz CT molecular complexity index is 178. The van der Waals surface area contributed by atoms with Crippen LogP contribution in [0, 0.1) is 0 Å². The van der Waals surface area contributed by atoms with Crippen molar-refractivity contribution in [3.05, 3.63) is 13.2 Å². The third kappa shape index (κ3) is 13.0. The fourth-order valence-electron chi connectivity index (χ4n) is 2.30. The van der Waals surface area contributed by atoms with Crippen LogP contribution in [0.1, 0.15) is 79.1 Å². The van der Waals surface area contributed by atoms with Crippen LogP contribution in [0.25, 0.3) is 0 Å². The van der Waals surface area contributed by atoms with Crippen LogP contribution >= 0.6 is 0 Å². The van der Waals surface area contributed by atoms with Gasteiger partial charge >= 0.3 is 0 Å². The maximum Gasteiger partial charge on any atom is 0.282 e. The molecular formula is C18H38O3. The summed E-state index contributed by atoms with van der Waals surface area (Å²) in [5, 5.41) is 0. The summed E-state index contributed by atoms with van der Waals surface area (Å²) in [6.07, 6.45) is 9.85. The van der Waals surface area contributed by atoms with Crippen LogP contribution in [0.2, 0.25) is 0 Å². The summed E-state index contributed by atoms with van der Waals surface area (Å²) in [6.45, 7) is 16.1. The molecule has 0 spiro atoms. The van der Waals surface area contributed by atoms with Gasteiger partial charge in [-0.3, -0.25) is 0 Å². The highest BCUT2D eigenvalue weighted by Gasteiger charge is 2.31. The second-order valence-electron chi connectivity index (χ2n) is 4.85. The maximum absolute atomic E-state index is 5.71. The van der Waals surface area contributed by atoms with Gasteiger partial charge in [0.1, 0.15) is 0 Å². The zero-order valence-corrected chi connectivity index (χ0v) is 14.9. The molecule has 0 aliphatic rings. The monoisotopic (exact) mass is 302 g/mol. The van der Waals surface area contributed by atoms with Gasteiger partial charge in [-0.25, -0.2) is 0 Å². The summed E-state index contributed by atoms with van der Waals surface area (Å²) in [5.74, 6) is -0.804. The van der Waals surface area contributed by atoms with E-state index in [0.717, 1.165) is 12.8 Å². The second kappa shape index (κ2) is 17.7. The van der Waals surface area contributed by atoms with E-state index < -0.39 is 5.97 Å². The summed E-state index contributed by atoms with van der Waals surface area (Å²) in [7, 11) is 0. The van der Waals surface area contributed by atoms with Crippen molar-refractivity contribution in [2.24, 2.45) is 0 Å². The number of hydrogen-bond donors (Lipinski definition) is 0. The number of rotatable bonds is 14. The van der Waals surface area contributed by atoms with Crippen LogP contribution in [-0.2, 0) is 14.2 Å². The molecule has 128 valence electrons. The molecule has 0 aliphatic heterocycles. The molecule has 0 aliphatic carbocycles. The maximum atomic E-state index is 5.71. The molecule has 0 aromatic carbocycles. The van der Waals surface area contributed by atoms with E-state index in [1.165, 1.54) is 38.5 Å². The topological polar surface area (TPSA) is 27.7 Å². The fourth-order valence-corrected chi connectivity index (χ4v) is 2.30. The quantitative estimate of drug-likeness (QED) is 0.234. The molecule has 0 radical (unpaired) electrons. The first-order valence-corrected chi connectivity index (χ1v) is 8.66. The molecule has 0 aromatic rings. The Hall–Kier alpha value is -0.380. The van der Waals surface area contributed by atoms with E-state index >= 15 is 0 Å². The highest BCUT2D eigenvalue weighted by atomic mass is 16.9. The van der Waals surface area contributed by atoms with Crippen molar-refractivity contribution in [1.29, 1.82) is 0 Å². The van der Waals surface area contributed by atoms with E-state index in [4.69, 9.17) is 14.2 Å². The largest absolute Gasteiger partial charge is 0.328 e. The smallest absolute Gasteiger partial charge is 0.282 e. The van der Waals surface area contributed by atoms with E-state index in [1.54, 1.807) is 0 Å².